The summed E-state index contributed by atoms with van der Waals surface area (Å²) in [6.07, 6.45) is 3.53. The van der Waals surface area contributed by atoms with Crippen molar-refractivity contribution in [2.24, 2.45) is 0 Å². The fourth-order valence-electron chi connectivity index (χ4n) is 1.36. The highest BCUT2D eigenvalue weighted by Crippen LogP contribution is 2.15. The highest BCUT2D eigenvalue weighted by molar-refractivity contribution is 9.10. The Labute approximate surface area is 115 Å². The van der Waals surface area contributed by atoms with E-state index in [0.29, 0.717) is 0 Å². The molecule has 0 aliphatic carbocycles. The molecular weight excluding hydrogens is 292 g/mol. The van der Waals surface area contributed by atoms with Crippen LogP contribution in [0.4, 0.5) is 0 Å². The van der Waals surface area contributed by atoms with Crippen molar-refractivity contribution in [3.8, 4) is 5.75 Å². The molecule has 2 rings (SSSR count). The Kier molecular flexibility index (Phi) is 4.85. The predicted molar refractivity (Wildman–Crippen MR) is 76.2 cm³/mol. The summed E-state index contributed by atoms with van der Waals surface area (Å²) in [4.78, 5) is 0. The zero-order valence-corrected chi connectivity index (χ0v) is 11.3. The van der Waals surface area contributed by atoms with Crippen molar-refractivity contribution in [2.75, 3.05) is 6.79 Å². The maximum absolute atomic E-state index is 5.40. The van der Waals surface area contributed by atoms with Crippen LogP contribution in [-0.2, 0) is 4.74 Å². The molecule has 0 N–H and O–H groups in total. The molecule has 2 aromatic carbocycles. The van der Waals surface area contributed by atoms with Crippen molar-refractivity contribution in [3.63, 3.8) is 0 Å². The smallest absolute Gasteiger partial charge is 0.229 e. The molecule has 0 radical (unpaired) electrons. The molecule has 3 heteroatoms. The Balaban J connectivity index is 1.73. The number of halogens is 1. The van der Waals surface area contributed by atoms with Gasteiger partial charge in [-0.05, 0) is 35.9 Å². The molecule has 0 saturated carbocycles. The lowest BCUT2D eigenvalue weighted by molar-refractivity contribution is 0.0813. The lowest BCUT2D eigenvalue weighted by Gasteiger charge is -2.05. The number of benzene rings is 2. The quantitative estimate of drug-likeness (QED) is 0.461. The third-order valence-electron chi connectivity index (χ3n) is 2.26. The molecule has 0 fully saturated rings. The first-order valence-corrected chi connectivity index (χ1v) is 6.35. The van der Waals surface area contributed by atoms with Gasteiger partial charge in [0.05, 0.1) is 6.26 Å². The van der Waals surface area contributed by atoms with Crippen LogP contribution in [0.2, 0.25) is 0 Å². The maximum Gasteiger partial charge on any atom is 0.229 e. The highest BCUT2D eigenvalue weighted by Gasteiger charge is 1.92. The van der Waals surface area contributed by atoms with Crippen LogP contribution in [0.3, 0.4) is 0 Å². The largest absolute Gasteiger partial charge is 0.465 e. The highest BCUT2D eigenvalue weighted by atomic mass is 79.9. The average molecular weight is 305 g/mol. The van der Waals surface area contributed by atoms with Crippen molar-refractivity contribution in [1.82, 2.24) is 0 Å². The van der Waals surface area contributed by atoms with E-state index in [4.69, 9.17) is 9.47 Å². The predicted octanol–water partition coefficient (Wildman–Crippen LogP) is 4.47. The molecular formula is C15H13BrO2. The summed E-state index contributed by atoms with van der Waals surface area (Å²) in [5.74, 6) is 0.784. The number of ether oxygens (including phenoxy) is 2. The van der Waals surface area contributed by atoms with E-state index in [1.54, 1.807) is 6.26 Å². The van der Waals surface area contributed by atoms with Crippen LogP contribution in [0.25, 0.3) is 6.08 Å². The van der Waals surface area contributed by atoms with Gasteiger partial charge in [-0.25, -0.2) is 0 Å². The van der Waals surface area contributed by atoms with E-state index in [-0.39, 0.29) is 6.79 Å². The number of hydrogen-bond donors (Lipinski definition) is 0. The van der Waals surface area contributed by atoms with E-state index in [1.807, 2.05) is 60.7 Å². The molecule has 0 bridgehead atoms. The SMILES string of the molecule is Brc1ccc(OCO/C=C/c2ccccc2)cc1. The van der Waals surface area contributed by atoms with E-state index in [2.05, 4.69) is 15.9 Å². The molecule has 0 saturated heterocycles. The van der Waals surface area contributed by atoms with E-state index in [0.717, 1.165) is 15.8 Å². The normalized spacial score (nSPS) is 10.5. The van der Waals surface area contributed by atoms with Gasteiger partial charge in [-0.2, -0.15) is 0 Å². The molecule has 0 heterocycles. The van der Waals surface area contributed by atoms with Crippen LogP contribution in [0.1, 0.15) is 5.56 Å². The topological polar surface area (TPSA) is 18.5 Å². The standard InChI is InChI=1S/C15H13BrO2/c16-14-6-8-15(9-7-14)18-12-17-11-10-13-4-2-1-3-5-13/h1-11H,12H2/b11-10+. The number of hydrogen-bond acceptors (Lipinski definition) is 2. The first kappa shape index (κ1) is 12.7. The minimum atomic E-state index is 0.199. The van der Waals surface area contributed by atoms with Crippen LogP contribution < -0.4 is 4.74 Å². The molecule has 2 nitrogen and oxygen atoms in total. The van der Waals surface area contributed by atoms with Gasteiger partial charge in [0, 0.05) is 4.47 Å². The Hall–Kier alpha value is -1.74. The van der Waals surface area contributed by atoms with Crippen molar-refractivity contribution in [1.29, 1.82) is 0 Å². The molecule has 0 aliphatic rings. The minimum absolute atomic E-state index is 0.199. The van der Waals surface area contributed by atoms with E-state index >= 15 is 0 Å². The summed E-state index contributed by atoms with van der Waals surface area (Å²) in [7, 11) is 0. The summed E-state index contributed by atoms with van der Waals surface area (Å²) < 4.78 is 11.7. The van der Waals surface area contributed by atoms with E-state index in [1.165, 1.54) is 0 Å². The van der Waals surface area contributed by atoms with Crippen molar-refractivity contribution < 1.29 is 9.47 Å². The molecule has 18 heavy (non-hydrogen) atoms. The van der Waals surface area contributed by atoms with Gasteiger partial charge in [-0.15, -0.1) is 0 Å². The van der Waals surface area contributed by atoms with Crippen molar-refractivity contribution in [2.45, 2.75) is 0 Å². The molecule has 0 atom stereocenters. The summed E-state index contributed by atoms with van der Waals surface area (Å²) >= 11 is 3.37. The molecule has 92 valence electrons. The van der Waals surface area contributed by atoms with Crippen LogP contribution in [0.15, 0.2) is 65.3 Å². The Morgan fingerprint density at radius 3 is 2.39 bits per heavy atom. The second kappa shape index (κ2) is 6.87. The second-order valence-electron chi connectivity index (χ2n) is 3.60. The average Bonchev–Trinajstić information content (AvgIpc) is 2.42. The summed E-state index contributed by atoms with van der Waals surface area (Å²) in [5, 5.41) is 0. The van der Waals surface area contributed by atoms with Crippen LogP contribution in [0, 0.1) is 0 Å². The van der Waals surface area contributed by atoms with E-state index < -0.39 is 0 Å². The fourth-order valence-corrected chi connectivity index (χ4v) is 1.63. The third-order valence-corrected chi connectivity index (χ3v) is 2.79. The zero-order valence-electron chi connectivity index (χ0n) is 9.75. The summed E-state index contributed by atoms with van der Waals surface area (Å²) in [6, 6.07) is 17.6. The molecule has 0 amide bonds. The van der Waals surface area contributed by atoms with Crippen LogP contribution in [-0.4, -0.2) is 6.79 Å². The second-order valence-corrected chi connectivity index (χ2v) is 4.51. The molecule has 0 aromatic heterocycles. The first-order chi connectivity index (χ1) is 8.84. The number of rotatable bonds is 5. The molecule has 0 spiro atoms. The van der Waals surface area contributed by atoms with E-state index in [9.17, 15) is 0 Å². The lowest BCUT2D eigenvalue weighted by atomic mass is 10.2. The fraction of sp³-hybridized carbons (Fsp3) is 0.0667. The summed E-state index contributed by atoms with van der Waals surface area (Å²) in [5.41, 5.74) is 1.10. The van der Waals surface area contributed by atoms with Gasteiger partial charge in [-0.3, -0.25) is 0 Å². The van der Waals surface area contributed by atoms with Crippen LogP contribution >= 0.6 is 15.9 Å². The van der Waals surface area contributed by atoms with Gasteiger partial charge in [0.15, 0.2) is 0 Å². The zero-order chi connectivity index (χ0) is 12.6. The Morgan fingerprint density at radius 1 is 0.944 bits per heavy atom. The molecule has 2 aromatic rings. The monoisotopic (exact) mass is 304 g/mol. The van der Waals surface area contributed by atoms with Gasteiger partial charge >= 0.3 is 0 Å². The Bertz CT molecular complexity index is 492. The van der Waals surface area contributed by atoms with Gasteiger partial charge in [-0.1, -0.05) is 46.3 Å². The first-order valence-electron chi connectivity index (χ1n) is 5.56. The van der Waals surface area contributed by atoms with Gasteiger partial charge in [0.1, 0.15) is 5.75 Å². The van der Waals surface area contributed by atoms with Crippen molar-refractivity contribution in [3.05, 3.63) is 70.9 Å². The molecule has 0 unspecified atom stereocenters. The lowest BCUT2D eigenvalue weighted by Crippen LogP contribution is -1.97. The van der Waals surface area contributed by atoms with Gasteiger partial charge < -0.3 is 9.47 Å². The summed E-state index contributed by atoms with van der Waals surface area (Å²) in [6.45, 7) is 0.199. The molecule has 0 aliphatic heterocycles. The minimum Gasteiger partial charge on any atom is -0.465 e. The van der Waals surface area contributed by atoms with Crippen molar-refractivity contribution >= 4 is 22.0 Å². The van der Waals surface area contributed by atoms with Gasteiger partial charge in [0.25, 0.3) is 0 Å². The Morgan fingerprint density at radius 2 is 1.67 bits per heavy atom. The maximum atomic E-state index is 5.40. The van der Waals surface area contributed by atoms with Crippen LogP contribution in [0.5, 0.6) is 5.75 Å². The third kappa shape index (κ3) is 4.26. The van der Waals surface area contributed by atoms with Gasteiger partial charge in [0.2, 0.25) is 6.79 Å².